The number of carbonyl (C=O) groups excluding carboxylic acids is 1. The van der Waals surface area contributed by atoms with E-state index in [1.807, 2.05) is 40.9 Å². The second kappa shape index (κ2) is 6.78. The number of nitrogens with one attached hydrogen (secondary N) is 1. The molecule has 26 heavy (non-hydrogen) atoms. The summed E-state index contributed by atoms with van der Waals surface area (Å²) in [5, 5.41) is 3.14. The molecule has 134 valence electrons. The van der Waals surface area contributed by atoms with Gasteiger partial charge in [-0.2, -0.15) is 0 Å². The van der Waals surface area contributed by atoms with Crippen LogP contribution in [0.15, 0.2) is 48.8 Å². The van der Waals surface area contributed by atoms with Crippen molar-refractivity contribution in [1.82, 2.24) is 14.3 Å². The van der Waals surface area contributed by atoms with Crippen LogP contribution < -0.4 is 5.32 Å². The van der Waals surface area contributed by atoms with Crippen molar-refractivity contribution in [3.63, 3.8) is 0 Å². The summed E-state index contributed by atoms with van der Waals surface area (Å²) >= 11 is 0. The van der Waals surface area contributed by atoms with Crippen molar-refractivity contribution in [3.05, 3.63) is 65.9 Å². The molecule has 6 heteroatoms. The van der Waals surface area contributed by atoms with Gasteiger partial charge in [-0.05, 0) is 42.7 Å². The van der Waals surface area contributed by atoms with Crippen LogP contribution in [-0.4, -0.2) is 33.8 Å². The summed E-state index contributed by atoms with van der Waals surface area (Å²) in [5.41, 5.74) is 2.73. The fourth-order valence-corrected chi connectivity index (χ4v) is 3.66. The van der Waals surface area contributed by atoms with E-state index in [0.717, 1.165) is 42.0 Å². The number of halogens is 1. The Labute approximate surface area is 151 Å². The van der Waals surface area contributed by atoms with E-state index in [0.29, 0.717) is 0 Å². The average Bonchev–Trinajstić information content (AvgIpc) is 3.31. The molecule has 1 atom stereocenters. The van der Waals surface area contributed by atoms with Gasteiger partial charge in [-0.1, -0.05) is 12.1 Å². The number of carbonyl (C=O) groups is 1. The zero-order valence-corrected chi connectivity index (χ0v) is 14.7. The highest BCUT2D eigenvalue weighted by molar-refractivity contribution is 5.79. The van der Waals surface area contributed by atoms with Gasteiger partial charge in [-0.3, -0.25) is 4.79 Å². The predicted molar refractivity (Wildman–Crippen MR) is 98.5 cm³/mol. The third-order valence-electron chi connectivity index (χ3n) is 4.95. The van der Waals surface area contributed by atoms with E-state index in [1.54, 1.807) is 12.1 Å². The molecule has 1 amide bonds. The lowest BCUT2D eigenvalue weighted by Gasteiger charge is -2.25. The lowest BCUT2D eigenvalue weighted by molar-refractivity contribution is -0.131. The number of likely N-dealkylation sites (tertiary alicyclic amines) is 1. The van der Waals surface area contributed by atoms with E-state index in [4.69, 9.17) is 4.98 Å². The Balaban J connectivity index is 1.60. The van der Waals surface area contributed by atoms with Gasteiger partial charge in [0.05, 0.1) is 23.7 Å². The van der Waals surface area contributed by atoms with Gasteiger partial charge < -0.3 is 14.6 Å². The Morgan fingerprint density at radius 1 is 1.31 bits per heavy atom. The summed E-state index contributed by atoms with van der Waals surface area (Å²) in [5.74, 6) is 0.578. The Morgan fingerprint density at radius 3 is 2.88 bits per heavy atom. The molecule has 1 N–H and O–H groups in total. The van der Waals surface area contributed by atoms with E-state index in [1.165, 1.54) is 12.1 Å². The van der Waals surface area contributed by atoms with Crippen LogP contribution in [0.3, 0.4) is 0 Å². The second-order valence-electron chi connectivity index (χ2n) is 6.61. The third kappa shape index (κ3) is 3.03. The average molecular weight is 352 g/mol. The number of amides is 1. The number of anilines is 1. The maximum atomic E-state index is 13.1. The molecule has 5 nitrogen and oxygen atoms in total. The predicted octanol–water partition coefficient (Wildman–Crippen LogP) is 3.42. The summed E-state index contributed by atoms with van der Waals surface area (Å²) in [4.78, 5) is 19.5. The first kappa shape index (κ1) is 16.6. The highest BCUT2D eigenvalue weighted by Crippen LogP contribution is 2.32. The van der Waals surface area contributed by atoms with Crippen LogP contribution >= 0.6 is 0 Å². The molecule has 4 rings (SSSR count). The van der Waals surface area contributed by atoms with Gasteiger partial charge in [-0.25, -0.2) is 9.37 Å². The maximum absolute atomic E-state index is 13.1. The highest BCUT2D eigenvalue weighted by atomic mass is 19.1. The lowest BCUT2D eigenvalue weighted by Crippen LogP contribution is -2.32. The lowest BCUT2D eigenvalue weighted by atomic mass is 10.1. The highest BCUT2D eigenvalue weighted by Gasteiger charge is 2.31. The van der Waals surface area contributed by atoms with Gasteiger partial charge in [0, 0.05) is 26.0 Å². The number of benzene rings is 1. The molecule has 0 bridgehead atoms. The molecule has 1 aromatic carbocycles. The van der Waals surface area contributed by atoms with Crippen molar-refractivity contribution in [2.24, 2.45) is 0 Å². The van der Waals surface area contributed by atoms with Crippen LogP contribution in [0, 0.1) is 5.82 Å². The SMILES string of the molecule is CNc1nc([C@@H]2CCCN2C(=O)Cc2ccc(F)cc2)cn2cccc12. The van der Waals surface area contributed by atoms with Crippen LogP contribution in [0.25, 0.3) is 5.52 Å². The van der Waals surface area contributed by atoms with Crippen LogP contribution in [0.2, 0.25) is 0 Å². The Hall–Kier alpha value is -2.89. The third-order valence-corrected chi connectivity index (χ3v) is 4.95. The molecule has 3 aromatic rings. The van der Waals surface area contributed by atoms with Crippen molar-refractivity contribution in [3.8, 4) is 0 Å². The molecule has 1 fully saturated rings. The number of hydrogen-bond donors (Lipinski definition) is 1. The fourth-order valence-electron chi connectivity index (χ4n) is 3.66. The minimum Gasteiger partial charge on any atom is -0.371 e. The Bertz CT molecular complexity index is 935. The summed E-state index contributed by atoms with van der Waals surface area (Å²) < 4.78 is 15.1. The quantitative estimate of drug-likeness (QED) is 0.783. The molecule has 3 heterocycles. The van der Waals surface area contributed by atoms with Gasteiger partial charge in [0.15, 0.2) is 0 Å². The smallest absolute Gasteiger partial charge is 0.227 e. The molecular weight excluding hydrogens is 331 g/mol. The van der Waals surface area contributed by atoms with Gasteiger partial charge in [-0.15, -0.1) is 0 Å². The molecule has 0 saturated carbocycles. The van der Waals surface area contributed by atoms with Gasteiger partial charge in [0.1, 0.15) is 11.6 Å². The van der Waals surface area contributed by atoms with Gasteiger partial charge in [0.25, 0.3) is 0 Å². The Kier molecular flexibility index (Phi) is 4.32. The normalized spacial score (nSPS) is 17.0. The molecular formula is C20H21FN4O. The standard InChI is InChI=1S/C20H21FN4O/c1-22-20-18-5-2-10-24(18)13-16(23-20)17-4-3-11-25(17)19(26)12-14-6-8-15(21)9-7-14/h2,5-10,13,17H,3-4,11-12H2,1H3,(H,22,23)/t17-/m0/s1. The number of fused-ring (bicyclic) bond motifs is 1. The molecule has 1 saturated heterocycles. The molecule has 0 spiro atoms. The summed E-state index contributed by atoms with van der Waals surface area (Å²) in [6.07, 6.45) is 6.13. The monoisotopic (exact) mass is 352 g/mol. The van der Waals surface area contributed by atoms with Crippen molar-refractivity contribution >= 4 is 17.2 Å². The molecule has 2 aromatic heterocycles. The molecule has 1 aliphatic heterocycles. The van der Waals surface area contributed by atoms with Gasteiger partial charge >= 0.3 is 0 Å². The van der Waals surface area contributed by atoms with Crippen LogP contribution in [-0.2, 0) is 11.2 Å². The van der Waals surface area contributed by atoms with Crippen molar-refractivity contribution in [2.75, 3.05) is 18.9 Å². The van der Waals surface area contributed by atoms with E-state index in [2.05, 4.69) is 5.32 Å². The van der Waals surface area contributed by atoms with Crippen molar-refractivity contribution in [2.45, 2.75) is 25.3 Å². The Morgan fingerprint density at radius 2 is 2.12 bits per heavy atom. The summed E-state index contributed by atoms with van der Waals surface area (Å²) in [6, 6.07) is 10.1. The van der Waals surface area contributed by atoms with Crippen molar-refractivity contribution < 1.29 is 9.18 Å². The van der Waals surface area contributed by atoms with Crippen LogP contribution in [0.1, 0.15) is 30.1 Å². The second-order valence-corrected chi connectivity index (χ2v) is 6.61. The first-order chi connectivity index (χ1) is 12.7. The summed E-state index contributed by atoms with van der Waals surface area (Å²) in [7, 11) is 1.85. The number of hydrogen-bond acceptors (Lipinski definition) is 3. The van der Waals surface area contributed by atoms with Gasteiger partial charge in [0.2, 0.25) is 5.91 Å². The van der Waals surface area contributed by atoms with E-state index in [9.17, 15) is 9.18 Å². The van der Waals surface area contributed by atoms with Crippen molar-refractivity contribution in [1.29, 1.82) is 0 Å². The topological polar surface area (TPSA) is 49.6 Å². The van der Waals surface area contributed by atoms with Crippen LogP contribution in [0.5, 0.6) is 0 Å². The minimum absolute atomic E-state index is 0.0261. The molecule has 0 unspecified atom stereocenters. The first-order valence-electron chi connectivity index (χ1n) is 8.85. The first-order valence-corrected chi connectivity index (χ1v) is 8.85. The number of rotatable bonds is 4. The fraction of sp³-hybridized carbons (Fsp3) is 0.300. The maximum Gasteiger partial charge on any atom is 0.227 e. The zero-order valence-electron chi connectivity index (χ0n) is 14.7. The largest absolute Gasteiger partial charge is 0.371 e. The summed E-state index contributed by atoms with van der Waals surface area (Å²) in [6.45, 7) is 0.727. The van der Waals surface area contributed by atoms with Crippen LogP contribution in [0.4, 0.5) is 10.2 Å². The zero-order chi connectivity index (χ0) is 18.1. The van der Waals surface area contributed by atoms with E-state index < -0.39 is 0 Å². The minimum atomic E-state index is -0.288. The number of aromatic nitrogens is 2. The molecule has 1 aliphatic rings. The molecule has 0 aliphatic carbocycles. The number of nitrogens with zero attached hydrogens (tertiary/aromatic N) is 3. The van der Waals surface area contributed by atoms with E-state index in [-0.39, 0.29) is 24.2 Å². The van der Waals surface area contributed by atoms with E-state index >= 15 is 0 Å². The molecule has 0 radical (unpaired) electrons.